The molecule has 0 bridgehead atoms. The second-order valence-electron chi connectivity index (χ2n) is 2.99. The van der Waals surface area contributed by atoms with Crippen LogP contribution in [0.1, 0.15) is 29.4 Å². The third-order valence-electron chi connectivity index (χ3n) is 1.88. The molecule has 5 heteroatoms. The molecule has 0 amide bonds. The van der Waals surface area contributed by atoms with Crippen molar-refractivity contribution in [2.75, 3.05) is 6.61 Å². The minimum absolute atomic E-state index is 0.212. The van der Waals surface area contributed by atoms with Gasteiger partial charge in [0.05, 0.1) is 18.5 Å². The molecule has 0 aliphatic heterocycles. The second kappa shape index (κ2) is 4.76. The Balaban J connectivity index is 2.72. The van der Waals surface area contributed by atoms with Crippen molar-refractivity contribution in [3.8, 4) is 0 Å². The highest BCUT2D eigenvalue weighted by Gasteiger charge is 2.14. The van der Waals surface area contributed by atoms with E-state index < -0.39 is 5.97 Å². The fourth-order valence-corrected chi connectivity index (χ4v) is 1.13. The van der Waals surface area contributed by atoms with Gasteiger partial charge in [-0.25, -0.2) is 4.79 Å². The van der Waals surface area contributed by atoms with Crippen molar-refractivity contribution >= 4 is 5.97 Å². The number of carboxylic acid groups (broad SMARTS) is 1. The Morgan fingerprint density at radius 3 is 3.00 bits per heavy atom. The monoisotopic (exact) mass is 198 g/mol. The molecule has 1 aromatic rings. The maximum absolute atomic E-state index is 10.8. The zero-order chi connectivity index (χ0) is 10.6. The molecule has 14 heavy (non-hydrogen) atoms. The van der Waals surface area contributed by atoms with Crippen LogP contribution in [-0.4, -0.2) is 27.5 Å². The first kappa shape index (κ1) is 10.7. The molecule has 0 saturated carbocycles. The van der Waals surface area contributed by atoms with Gasteiger partial charge in [0, 0.05) is 13.7 Å². The van der Waals surface area contributed by atoms with Crippen molar-refractivity contribution in [1.29, 1.82) is 0 Å². The highest BCUT2D eigenvalue weighted by Crippen LogP contribution is 2.08. The Morgan fingerprint density at radius 1 is 1.71 bits per heavy atom. The van der Waals surface area contributed by atoms with Gasteiger partial charge in [0.15, 0.2) is 0 Å². The van der Waals surface area contributed by atoms with Gasteiger partial charge >= 0.3 is 5.97 Å². The minimum atomic E-state index is -0.965. The second-order valence-corrected chi connectivity index (χ2v) is 2.99. The van der Waals surface area contributed by atoms with E-state index in [0.717, 1.165) is 6.42 Å². The Labute approximate surface area is 82.3 Å². The van der Waals surface area contributed by atoms with Crippen LogP contribution in [0.2, 0.25) is 0 Å². The number of hydrogen-bond acceptors (Lipinski definition) is 3. The van der Waals surface area contributed by atoms with Gasteiger partial charge in [0.2, 0.25) is 0 Å². The number of aromatic nitrogens is 2. The van der Waals surface area contributed by atoms with E-state index in [9.17, 15) is 4.79 Å². The predicted molar refractivity (Wildman–Crippen MR) is 50.1 cm³/mol. The van der Waals surface area contributed by atoms with Crippen molar-refractivity contribution in [3.63, 3.8) is 0 Å². The molecular weight excluding hydrogens is 184 g/mol. The van der Waals surface area contributed by atoms with E-state index in [4.69, 9.17) is 9.84 Å². The van der Waals surface area contributed by atoms with Crippen LogP contribution >= 0.6 is 0 Å². The SMILES string of the molecule is CCCOCc1c(C(=O)O)cnn1C. The zero-order valence-corrected chi connectivity index (χ0v) is 8.36. The van der Waals surface area contributed by atoms with Crippen molar-refractivity contribution in [3.05, 3.63) is 17.5 Å². The lowest BCUT2D eigenvalue weighted by atomic mass is 10.2. The first-order valence-electron chi connectivity index (χ1n) is 4.48. The normalized spacial score (nSPS) is 10.4. The summed E-state index contributed by atoms with van der Waals surface area (Å²) in [6, 6.07) is 0. The summed E-state index contributed by atoms with van der Waals surface area (Å²) in [5.41, 5.74) is 0.814. The molecule has 1 N–H and O–H groups in total. The minimum Gasteiger partial charge on any atom is -0.478 e. The van der Waals surface area contributed by atoms with Crippen molar-refractivity contribution in [1.82, 2.24) is 9.78 Å². The number of carboxylic acids is 1. The topological polar surface area (TPSA) is 64.3 Å². The zero-order valence-electron chi connectivity index (χ0n) is 8.36. The fraction of sp³-hybridized carbons (Fsp3) is 0.556. The Bertz CT molecular complexity index is 320. The van der Waals surface area contributed by atoms with Crippen LogP contribution in [0.25, 0.3) is 0 Å². The molecule has 0 aromatic carbocycles. The number of aryl methyl sites for hydroxylation is 1. The number of hydrogen-bond donors (Lipinski definition) is 1. The lowest BCUT2D eigenvalue weighted by Gasteiger charge is -2.04. The molecule has 0 radical (unpaired) electrons. The molecule has 1 aromatic heterocycles. The van der Waals surface area contributed by atoms with Gasteiger partial charge in [-0.2, -0.15) is 5.10 Å². The molecule has 0 saturated heterocycles. The van der Waals surface area contributed by atoms with E-state index in [1.54, 1.807) is 7.05 Å². The molecule has 0 aliphatic carbocycles. The van der Waals surface area contributed by atoms with Gasteiger partial charge in [-0.15, -0.1) is 0 Å². The predicted octanol–water partition coefficient (Wildman–Crippen LogP) is 1.04. The summed E-state index contributed by atoms with van der Waals surface area (Å²) in [6.45, 7) is 2.93. The van der Waals surface area contributed by atoms with Gasteiger partial charge in [-0.1, -0.05) is 6.92 Å². The summed E-state index contributed by atoms with van der Waals surface area (Å²) < 4.78 is 6.80. The number of ether oxygens (including phenoxy) is 1. The summed E-state index contributed by atoms with van der Waals surface area (Å²) in [5, 5.41) is 12.7. The van der Waals surface area contributed by atoms with Crippen LogP contribution < -0.4 is 0 Å². The maximum Gasteiger partial charge on any atom is 0.339 e. The molecule has 1 rings (SSSR count). The van der Waals surface area contributed by atoms with E-state index in [0.29, 0.717) is 18.9 Å². The van der Waals surface area contributed by atoms with Crippen LogP contribution in [0, 0.1) is 0 Å². The molecule has 0 atom stereocenters. The first-order valence-corrected chi connectivity index (χ1v) is 4.48. The highest BCUT2D eigenvalue weighted by molar-refractivity contribution is 5.88. The van der Waals surface area contributed by atoms with Crippen molar-refractivity contribution in [2.45, 2.75) is 20.0 Å². The van der Waals surface area contributed by atoms with Gasteiger partial charge < -0.3 is 9.84 Å². The van der Waals surface area contributed by atoms with E-state index in [1.807, 2.05) is 6.92 Å². The molecule has 0 aliphatic rings. The van der Waals surface area contributed by atoms with Crippen LogP contribution in [0.4, 0.5) is 0 Å². The molecule has 0 spiro atoms. The van der Waals surface area contributed by atoms with Crippen LogP contribution in [0.3, 0.4) is 0 Å². The molecular formula is C9H14N2O3. The number of aromatic carboxylic acids is 1. The lowest BCUT2D eigenvalue weighted by Crippen LogP contribution is -2.07. The molecule has 1 heterocycles. The lowest BCUT2D eigenvalue weighted by molar-refractivity contribution is 0.0685. The third kappa shape index (κ3) is 2.32. The third-order valence-corrected chi connectivity index (χ3v) is 1.88. The Kier molecular flexibility index (Phi) is 3.64. The standard InChI is InChI=1S/C9H14N2O3/c1-3-4-14-6-8-7(9(12)13)5-10-11(8)2/h5H,3-4,6H2,1-2H3,(H,12,13). The molecule has 5 nitrogen and oxygen atoms in total. The summed E-state index contributed by atoms with van der Waals surface area (Å²) in [4.78, 5) is 10.8. The molecule has 0 unspecified atom stereocenters. The van der Waals surface area contributed by atoms with E-state index in [-0.39, 0.29) is 5.56 Å². The molecule has 78 valence electrons. The Hall–Kier alpha value is -1.36. The Morgan fingerprint density at radius 2 is 2.43 bits per heavy atom. The highest BCUT2D eigenvalue weighted by atomic mass is 16.5. The smallest absolute Gasteiger partial charge is 0.339 e. The average Bonchev–Trinajstić information content (AvgIpc) is 2.48. The average molecular weight is 198 g/mol. The van der Waals surface area contributed by atoms with E-state index in [2.05, 4.69) is 5.10 Å². The van der Waals surface area contributed by atoms with Gasteiger partial charge in [0.1, 0.15) is 5.56 Å². The maximum atomic E-state index is 10.8. The first-order chi connectivity index (χ1) is 6.66. The van der Waals surface area contributed by atoms with Gasteiger partial charge in [-0.3, -0.25) is 4.68 Å². The fourth-order valence-electron chi connectivity index (χ4n) is 1.13. The van der Waals surface area contributed by atoms with Crippen LogP contribution in [0.15, 0.2) is 6.20 Å². The number of nitrogens with zero attached hydrogens (tertiary/aromatic N) is 2. The number of carbonyl (C=O) groups is 1. The van der Waals surface area contributed by atoms with Crippen molar-refractivity contribution in [2.24, 2.45) is 7.05 Å². The summed E-state index contributed by atoms with van der Waals surface area (Å²) in [5.74, 6) is -0.965. The van der Waals surface area contributed by atoms with E-state index in [1.165, 1.54) is 10.9 Å². The van der Waals surface area contributed by atoms with Crippen LogP contribution in [0.5, 0.6) is 0 Å². The van der Waals surface area contributed by atoms with Crippen LogP contribution in [-0.2, 0) is 18.4 Å². The summed E-state index contributed by atoms with van der Waals surface area (Å²) in [6.07, 6.45) is 2.26. The summed E-state index contributed by atoms with van der Waals surface area (Å²) >= 11 is 0. The summed E-state index contributed by atoms with van der Waals surface area (Å²) in [7, 11) is 1.71. The van der Waals surface area contributed by atoms with Gasteiger partial charge in [-0.05, 0) is 6.42 Å². The quantitative estimate of drug-likeness (QED) is 0.718. The van der Waals surface area contributed by atoms with Gasteiger partial charge in [0.25, 0.3) is 0 Å². The number of rotatable bonds is 5. The molecule has 0 fully saturated rings. The van der Waals surface area contributed by atoms with E-state index >= 15 is 0 Å². The van der Waals surface area contributed by atoms with Crippen molar-refractivity contribution < 1.29 is 14.6 Å². The largest absolute Gasteiger partial charge is 0.478 e.